The van der Waals surface area contributed by atoms with E-state index in [2.05, 4.69) is 19.1 Å². The van der Waals surface area contributed by atoms with E-state index in [9.17, 15) is 0 Å². The number of hydrogen-bond acceptors (Lipinski definition) is 2. The molecule has 0 spiro atoms. The lowest BCUT2D eigenvalue weighted by Gasteiger charge is -2.19. The van der Waals surface area contributed by atoms with Crippen molar-refractivity contribution < 1.29 is 9.47 Å². The number of hydrogen-bond donors (Lipinski definition) is 0. The van der Waals surface area contributed by atoms with E-state index in [1.54, 1.807) is 12.2 Å². The van der Waals surface area contributed by atoms with E-state index in [0.717, 1.165) is 5.57 Å². The summed E-state index contributed by atoms with van der Waals surface area (Å²) >= 11 is 0. The van der Waals surface area contributed by atoms with Crippen LogP contribution in [0.5, 0.6) is 0 Å². The van der Waals surface area contributed by atoms with Gasteiger partial charge in [-0.05, 0) is 5.57 Å². The number of terminal acetylenes is 1. The molecule has 2 heteroatoms. The summed E-state index contributed by atoms with van der Waals surface area (Å²) in [6, 6.07) is 0. The first kappa shape index (κ1) is 10.8. The molecule has 0 unspecified atom stereocenters. The van der Waals surface area contributed by atoms with Crippen molar-refractivity contribution in [1.82, 2.24) is 0 Å². The molecule has 0 saturated heterocycles. The van der Waals surface area contributed by atoms with Crippen LogP contribution < -0.4 is 0 Å². The molecule has 0 saturated carbocycles. The van der Waals surface area contributed by atoms with Gasteiger partial charge in [0.2, 0.25) is 0 Å². The first-order valence-electron chi connectivity index (χ1n) is 4.46. The third kappa shape index (κ3) is 2.35. The Labute approximate surface area is 84.9 Å². The van der Waals surface area contributed by atoms with Crippen LogP contribution in [-0.4, -0.2) is 25.4 Å². The summed E-state index contributed by atoms with van der Waals surface area (Å²) < 4.78 is 10.8. The smallest absolute Gasteiger partial charge is 0.148 e. The highest BCUT2D eigenvalue weighted by Gasteiger charge is 2.26. The van der Waals surface area contributed by atoms with Crippen LogP contribution in [0, 0.1) is 12.3 Å². The molecule has 0 N–H and O–H groups in total. The van der Waals surface area contributed by atoms with Crippen LogP contribution >= 0.6 is 0 Å². The van der Waals surface area contributed by atoms with E-state index in [1.807, 2.05) is 6.08 Å². The van der Waals surface area contributed by atoms with E-state index in [-0.39, 0.29) is 12.2 Å². The Bertz CT molecular complexity index is 283. The van der Waals surface area contributed by atoms with Crippen molar-refractivity contribution in [3.05, 3.63) is 37.0 Å². The molecule has 0 aromatic carbocycles. The standard InChI is InChI=1S/C12H14O2/c1-4-8-13-11(6-3)12-10(5-2)7-9-14-12/h3-5,7,11-12H,1-2,8-9H2/t11-,12-/m1/s1. The normalized spacial score (nSPS) is 22.2. The molecule has 1 rings (SSSR count). The predicted molar refractivity (Wildman–Crippen MR) is 56.8 cm³/mol. The van der Waals surface area contributed by atoms with Gasteiger partial charge in [-0.3, -0.25) is 0 Å². The summed E-state index contributed by atoms with van der Waals surface area (Å²) in [6.07, 6.45) is 10.2. The van der Waals surface area contributed by atoms with Gasteiger partial charge in [-0.15, -0.1) is 13.0 Å². The Kier molecular flexibility index (Phi) is 4.18. The van der Waals surface area contributed by atoms with E-state index < -0.39 is 0 Å². The summed E-state index contributed by atoms with van der Waals surface area (Å²) in [4.78, 5) is 0. The number of rotatable bonds is 5. The number of ether oxygens (including phenoxy) is 2. The van der Waals surface area contributed by atoms with Crippen LogP contribution in [0.25, 0.3) is 0 Å². The fourth-order valence-corrected chi connectivity index (χ4v) is 1.32. The van der Waals surface area contributed by atoms with E-state index in [4.69, 9.17) is 15.9 Å². The molecule has 1 aliphatic rings. The van der Waals surface area contributed by atoms with E-state index in [1.165, 1.54) is 0 Å². The molecule has 1 heterocycles. The van der Waals surface area contributed by atoms with Gasteiger partial charge in [-0.25, -0.2) is 0 Å². The van der Waals surface area contributed by atoms with Gasteiger partial charge in [0.25, 0.3) is 0 Å². The zero-order chi connectivity index (χ0) is 10.4. The van der Waals surface area contributed by atoms with Crippen molar-refractivity contribution in [3.8, 4) is 12.3 Å². The average molecular weight is 190 g/mol. The van der Waals surface area contributed by atoms with Crippen LogP contribution in [0.3, 0.4) is 0 Å². The quantitative estimate of drug-likeness (QED) is 0.485. The second kappa shape index (κ2) is 5.43. The summed E-state index contributed by atoms with van der Waals surface area (Å²) in [5, 5.41) is 0. The van der Waals surface area contributed by atoms with Crippen molar-refractivity contribution in [2.75, 3.05) is 13.2 Å². The highest BCUT2D eigenvalue weighted by molar-refractivity contribution is 5.28. The molecule has 0 radical (unpaired) electrons. The highest BCUT2D eigenvalue weighted by atomic mass is 16.5. The van der Waals surface area contributed by atoms with Crippen LogP contribution in [0.15, 0.2) is 37.0 Å². The molecule has 0 aliphatic carbocycles. The first-order valence-corrected chi connectivity index (χ1v) is 4.46. The molecule has 1 aliphatic heterocycles. The molecule has 0 amide bonds. The fourth-order valence-electron chi connectivity index (χ4n) is 1.32. The molecule has 2 atom stereocenters. The maximum atomic E-state index is 5.44. The maximum absolute atomic E-state index is 5.44. The van der Waals surface area contributed by atoms with Crippen molar-refractivity contribution in [2.45, 2.75) is 12.2 Å². The Morgan fingerprint density at radius 2 is 2.57 bits per heavy atom. The third-order valence-corrected chi connectivity index (χ3v) is 1.99. The molecule has 0 bridgehead atoms. The van der Waals surface area contributed by atoms with Gasteiger partial charge in [0.05, 0.1) is 13.2 Å². The van der Waals surface area contributed by atoms with Gasteiger partial charge in [-0.1, -0.05) is 30.7 Å². The topological polar surface area (TPSA) is 18.5 Å². The van der Waals surface area contributed by atoms with Crippen LogP contribution in [0.4, 0.5) is 0 Å². The minimum absolute atomic E-state index is 0.183. The van der Waals surface area contributed by atoms with E-state index in [0.29, 0.717) is 13.2 Å². The highest BCUT2D eigenvalue weighted by Crippen LogP contribution is 2.20. The maximum Gasteiger partial charge on any atom is 0.148 e. The fraction of sp³-hybridized carbons (Fsp3) is 0.333. The zero-order valence-electron chi connectivity index (χ0n) is 8.11. The Hall–Kier alpha value is -1.30. The SMILES string of the molecule is C#C[C@@H](OCC=C)[C@@H]1OCC=C1C=C. The second-order valence-corrected chi connectivity index (χ2v) is 2.87. The zero-order valence-corrected chi connectivity index (χ0v) is 8.11. The van der Waals surface area contributed by atoms with E-state index >= 15 is 0 Å². The molecule has 74 valence electrons. The minimum Gasteiger partial charge on any atom is -0.366 e. The molecule has 0 aromatic heterocycles. The lowest BCUT2D eigenvalue weighted by molar-refractivity contribution is 0.000610. The first-order chi connectivity index (χ1) is 6.83. The lowest BCUT2D eigenvalue weighted by atomic mass is 10.1. The van der Waals surface area contributed by atoms with Gasteiger partial charge in [-0.2, -0.15) is 0 Å². The third-order valence-electron chi connectivity index (χ3n) is 1.99. The van der Waals surface area contributed by atoms with Crippen LogP contribution in [0.2, 0.25) is 0 Å². The second-order valence-electron chi connectivity index (χ2n) is 2.87. The summed E-state index contributed by atoms with van der Waals surface area (Å²) in [6.45, 7) is 8.26. The molecular formula is C12H14O2. The molecule has 0 aromatic rings. The van der Waals surface area contributed by atoms with Gasteiger partial charge >= 0.3 is 0 Å². The van der Waals surface area contributed by atoms with Crippen molar-refractivity contribution >= 4 is 0 Å². The Morgan fingerprint density at radius 1 is 1.79 bits per heavy atom. The van der Waals surface area contributed by atoms with Crippen molar-refractivity contribution in [2.24, 2.45) is 0 Å². The molecule has 0 fully saturated rings. The summed E-state index contributed by atoms with van der Waals surface area (Å²) in [7, 11) is 0. The van der Waals surface area contributed by atoms with Crippen LogP contribution in [0.1, 0.15) is 0 Å². The van der Waals surface area contributed by atoms with Gasteiger partial charge in [0, 0.05) is 0 Å². The molecule has 2 nitrogen and oxygen atoms in total. The predicted octanol–water partition coefficient (Wildman–Crippen LogP) is 1.70. The monoisotopic (exact) mass is 190 g/mol. The minimum atomic E-state index is -0.361. The Morgan fingerprint density at radius 3 is 3.14 bits per heavy atom. The average Bonchev–Trinajstić information content (AvgIpc) is 2.67. The largest absolute Gasteiger partial charge is 0.366 e. The van der Waals surface area contributed by atoms with Crippen molar-refractivity contribution in [3.63, 3.8) is 0 Å². The van der Waals surface area contributed by atoms with Gasteiger partial charge in [0.15, 0.2) is 0 Å². The van der Waals surface area contributed by atoms with Crippen LogP contribution in [-0.2, 0) is 9.47 Å². The summed E-state index contributed by atoms with van der Waals surface area (Å²) in [5.41, 5.74) is 0.997. The van der Waals surface area contributed by atoms with Gasteiger partial charge < -0.3 is 9.47 Å². The lowest BCUT2D eigenvalue weighted by Crippen LogP contribution is -2.29. The molecule has 14 heavy (non-hydrogen) atoms. The Balaban J connectivity index is 2.61. The van der Waals surface area contributed by atoms with Crippen molar-refractivity contribution in [1.29, 1.82) is 0 Å². The molecular weight excluding hydrogens is 176 g/mol. The summed E-state index contributed by atoms with van der Waals surface area (Å²) in [5.74, 6) is 2.56. The van der Waals surface area contributed by atoms with Gasteiger partial charge in [0.1, 0.15) is 12.2 Å².